The number of ether oxygens (including phenoxy) is 1. The first-order chi connectivity index (χ1) is 13.0. The Hall–Kier alpha value is -1.50. The second-order valence-corrected chi connectivity index (χ2v) is 8.17. The molecule has 1 aromatic heterocycles. The van der Waals surface area contributed by atoms with Crippen LogP contribution in [-0.4, -0.2) is 42.3 Å². The number of hydrogen-bond acceptors (Lipinski definition) is 5. The van der Waals surface area contributed by atoms with Crippen molar-refractivity contribution < 1.29 is 4.74 Å². The number of rotatable bonds is 6. The van der Waals surface area contributed by atoms with Crippen molar-refractivity contribution in [3.05, 3.63) is 45.7 Å². The first kappa shape index (κ1) is 20.2. The summed E-state index contributed by atoms with van der Waals surface area (Å²) < 4.78 is 6.92. The molecule has 2 heterocycles. The summed E-state index contributed by atoms with van der Waals surface area (Å²) in [4.78, 5) is 11.7. The third-order valence-corrected chi connectivity index (χ3v) is 5.46. The maximum atomic E-state index is 5.84. The Morgan fingerprint density at radius 1 is 1.30 bits per heavy atom. The van der Waals surface area contributed by atoms with Gasteiger partial charge in [0.05, 0.1) is 18.4 Å². The van der Waals surface area contributed by atoms with Crippen LogP contribution in [0.2, 0.25) is 0 Å². The van der Waals surface area contributed by atoms with Gasteiger partial charge in [-0.15, -0.1) is 0 Å². The van der Waals surface area contributed by atoms with Gasteiger partial charge in [-0.05, 0) is 59.5 Å². The number of nitrogens with one attached hydrogen (secondary N) is 1. The molecule has 1 fully saturated rings. The van der Waals surface area contributed by atoms with Crippen molar-refractivity contribution in [3.8, 4) is 0 Å². The van der Waals surface area contributed by atoms with Gasteiger partial charge in [0, 0.05) is 41.9 Å². The van der Waals surface area contributed by atoms with Crippen molar-refractivity contribution >= 4 is 27.6 Å². The molecule has 1 aliphatic heterocycles. The number of halogens is 1. The van der Waals surface area contributed by atoms with Crippen molar-refractivity contribution in [2.24, 2.45) is 0 Å². The highest BCUT2D eigenvalue weighted by atomic mass is 79.9. The molecule has 1 unspecified atom stereocenters. The van der Waals surface area contributed by atoms with E-state index in [4.69, 9.17) is 14.7 Å². The number of hydrogen-bond donors (Lipinski definition) is 1. The van der Waals surface area contributed by atoms with Crippen LogP contribution in [0.15, 0.2) is 28.7 Å². The van der Waals surface area contributed by atoms with Crippen LogP contribution < -0.4 is 10.2 Å². The molecule has 1 aromatic carbocycles. The van der Waals surface area contributed by atoms with Crippen molar-refractivity contribution in [1.29, 1.82) is 0 Å². The molecule has 146 valence electrons. The minimum Gasteiger partial charge on any atom is -0.375 e. The average Bonchev–Trinajstić information content (AvgIpc) is 2.64. The molecule has 0 spiro atoms. The summed E-state index contributed by atoms with van der Waals surface area (Å²) in [7, 11) is 0. The van der Waals surface area contributed by atoms with E-state index in [0.717, 1.165) is 60.2 Å². The zero-order chi connectivity index (χ0) is 19.4. The zero-order valence-electron chi connectivity index (χ0n) is 16.6. The molecule has 3 rings (SSSR count). The van der Waals surface area contributed by atoms with Crippen LogP contribution >= 0.6 is 15.9 Å². The van der Waals surface area contributed by atoms with Gasteiger partial charge in [0.1, 0.15) is 0 Å². The van der Waals surface area contributed by atoms with Gasteiger partial charge in [0.15, 0.2) is 0 Å². The molecule has 5 nitrogen and oxygen atoms in total. The van der Waals surface area contributed by atoms with Gasteiger partial charge in [0.2, 0.25) is 5.95 Å². The van der Waals surface area contributed by atoms with Crippen molar-refractivity contribution in [3.63, 3.8) is 0 Å². The van der Waals surface area contributed by atoms with Crippen molar-refractivity contribution in [2.75, 3.05) is 31.1 Å². The predicted molar refractivity (Wildman–Crippen MR) is 114 cm³/mol. The number of nitrogens with zero attached hydrogens (tertiary/aromatic N) is 3. The lowest BCUT2D eigenvalue weighted by Gasteiger charge is -2.25. The van der Waals surface area contributed by atoms with E-state index in [1.54, 1.807) is 0 Å². The maximum absolute atomic E-state index is 5.84. The molecule has 0 amide bonds. The first-order valence-corrected chi connectivity index (χ1v) is 10.5. The molecule has 0 radical (unpaired) electrons. The summed E-state index contributed by atoms with van der Waals surface area (Å²) in [5, 5.41) is 3.38. The smallest absolute Gasteiger partial charge is 0.230 e. The number of morpholine rings is 1. The van der Waals surface area contributed by atoms with Gasteiger partial charge in [-0.25, -0.2) is 9.97 Å². The van der Waals surface area contributed by atoms with E-state index < -0.39 is 0 Å². The molecular formula is C21H29BrN4O. The maximum Gasteiger partial charge on any atom is 0.230 e. The fourth-order valence-corrected chi connectivity index (χ4v) is 3.96. The Morgan fingerprint density at radius 2 is 2.11 bits per heavy atom. The van der Waals surface area contributed by atoms with Crippen LogP contribution in [0.25, 0.3) is 0 Å². The van der Waals surface area contributed by atoms with Crippen molar-refractivity contribution in [1.82, 2.24) is 15.3 Å². The van der Waals surface area contributed by atoms with E-state index in [9.17, 15) is 0 Å². The lowest BCUT2D eigenvalue weighted by Crippen LogP contribution is -2.39. The van der Waals surface area contributed by atoms with Crippen molar-refractivity contribution in [2.45, 2.75) is 46.1 Å². The molecule has 0 bridgehead atoms. The summed E-state index contributed by atoms with van der Waals surface area (Å²) >= 11 is 3.75. The quantitative estimate of drug-likeness (QED) is 0.734. The Morgan fingerprint density at radius 3 is 2.74 bits per heavy atom. The Bertz CT molecular complexity index is 775. The molecule has 1 saturated heterocycles. The second kappa shape index (κ2) is 9.13. The molecule has 1 atom stereocenters. The van der Waals surface area contributed by atoms with Gasteiger partial charge in [-0.3, -0.25) is 0 Å². The fraction of sp³-hybridized carbons (Fsp3) is 0.524. The second-order valence-electron chi connectivity index (χ2n) is 7.31. The predicted octanol–water partition coefficient (Wildman–Crippen LogP) is 4.36. The topological polar surface area (TPSA) is 50.3 Å². The van der Waals surface area contributed by atoms with Gasteiger partial charge in [-0.2, -0.15) is 0 Å². The Balaban J connectivity index is 1.88. The van der Waals surface area contributed by atoms with Gasteiger partial charge in [-0.1, -0.05) is 19.9 Å². The minimum atomic E-state index is 0.174. The summed E-state index contributed by atoms with van der Waals surface area (Å²) in [6.45, 7) is 11.9. The van der Waals surface area contributed by atoms with Crippen LogP contribution in [0.1, 0.15) is 43.6 Å². The zero-order valence-corrected chi connectivity index (χ0v) is 18.2. The monoisotopic (exact) mass is 432 g/mol. The van der Waals surface area contributed by atoms with E-state index in [-0.39, 0.29) is 6.10 Å². The highest BCUT2D eigenvalue weighted by Gasteiger charge is 2.19. The van der Waals surface area contributed by atoms with E-state index >= 15 is 0 Å². The highest BCUT2D eigenvalue weighted by molar-refractivity contribution is 9.10. The molecule has 0 aliphatic carbocycles. The molecule has 6 heteroatoms. The van der Waals surface area contributed by atoms with Gasteiger partial charge >= 0.3 is 0 Å². The van der Waals surface area contributed by atoms with Crippen LogP contribution in [-0.2, 0) is 11.2 Å². The number of benzene rings is 1. The Labute approximate surface area is 170 Å². The lowest BCUT2D eigenvalue weighted by molar-refractivity contribution is 0.0286. The fourth-order valence-electron chi connectivity index (χ4n) is 3.35. The van der Waals surface area contributed by atoms with E-state index in [1.165, 1.54) is 5.56 Å². The summed E-state index contributed by atoms with van der Waals surface area (Å²) in [6.07, 6.45) is 0.974. The molecule has 1 aliphatic rings. The highest BCUT2D eigenvalue weighted by Crippen LogP contribution is 2.33. The largest absolute Gasteiger partial charge is 0.375 e. The number of aryl methyl sites for hydroxylation is 1. The van der Waals surface area contributed by atoms with Crippen LogP contribution in [0.4, 0.5) is 11.6 Å². The molecule has 2 aromatic rings. The van der Waals surface area contributed by atoms with E-state index in [2.05, 4.69) is 71.2 Å². The normalized spacial score (nSPS) is 17.3. The van der Waals surface area contributed by atoms with E-state index in [1.807, 2.05) is 6.92 Å². The molecule has 1 N–H and O–H groups in total. The minimum absolute atomic E-state index is 0.174. The summed E-state index contributed by atoms with van der Waals surface area (Å²) in [6, 6.07) is 8.60. The first-order valence-electron chi connectivity index (χ1n) is 9.71. The number of anilines is 2. The van der Waals surface area contributed by atoms with Gasteiger partial charge in [0.25, 0.3) is 0 Å². The SMILES string of the molecule is CCN(c1nc(C)cc(CC2CNCCO2)n1)c1ccc(C(C)C)cc1Br. The standard InChI is InChI=1S/C21H29BrN4O/c1-5-26(20-7-6-16(14(2)3)11-19(20)22)21-24-15(4)10-17(25-21)12-18-13-23-8-9-27-18/h6-7,10-11,14,18,23H,5,8-9,12-13H2,1-4H3. The van der Waals surface area contributed by atoms with E-state index in [0.29, 0.717) is 5.92 Å². The average molecular weight is 433 g/mol. The lowest BCUT2D eigenvalue weighted by atomic mass is 10.0. The van der Waals surface area contributed by atoms with Crippen LogP contribution in [0, 0.1) is 6.92 Å². The molecule has 27 heavy (non-hydrogen) atoms. The van der Waals surface area contributed by atoms with Gasteiger partial charge < -0.3 is 15.0 Å². The Kier molecular flexibility index (Phi) is 6.84. The number of aromatic nitrogens is 2. The molecular weight excluding hydrogens is 404 g/mol. The summed E-state index contributed by atoms with van der Waals surface area (Å²) in [5.41, 5.74) is 4.41. The van der Waals surface area contributed by atoms with Crippen LogP contribution in [0.5, 0.6) is 0 Å². The molecule has 0 saturated carbocycles. The summed E-state index contributed by atoms with van der Waals surface area (Å²) in [5.74, 6) is 1.24. The third-order valence-electron chi connectivity index (χ3n) is 4.82. The third kappa shape index (κ3) is 5.06. The van der Waals surface area contributed by atoms with Crippen LogP contribution in [0.3, 0.4) is 0 Å².